The van der Waals surface area contributed by atoms with Gasteiger partial charge in [-0.05, 0) is 30.5 Å². The number of aromatic nitrogens is 1. The van der Waals surface area contributed by atoms with E-state index in [0.29, 0.717) is 5.56 Å². The summed E-state index contributed by atoms with van der Waals surface area (Å²) in [6.45, 7) is 5.19. The van der Waals surface area contributed by atoms with Crippen LogP contribution in [0, 0.1) is 0 Å². The van der Waals surface area contributed by atoms with Crippen molar-refractivity contribution in [1.82, 2.24) is 10.3 Å². The number of unbranched alkanes of at least 4 members (excludes halogenated alkanes) is 1. The lowest BCUT2D eigenvalue weighted by Crippen LogP contribution is -2.29. The molecule has 3 rings (SSSR count). The molecule has 0 saturated carbocycles. The van der Waals surface area contributed by atoms with Gasteiger partial charge in [0.05, 0.1) is 17.1 Å². The second kappa shape index (κ2) is 9.36. The predicted molar refractivity (Wildman–Crippen MR) is 117 cm³/mol. The first-order valence-corrected chi connectivity index (χ1v) is 10.1. The molecule has 1 N–H and O–H groups in total. The van der Waals surface area contributed by atoms with Crippen molar-refractivity contribution in [2.45, 2.75) is 39.2 Å². The van der Waals surface area contributed by atoms with Crippen molar-refractivity contribution < 1.29 is 4.79 Å². The topological polar surface area (TPSA) is 45.2 Å². The summed E-state index contributed by atoms with van der Waals surface area (Å²) in [4.78, 5) is 20.1. The summed E-state index contributed by atoms with van der Waals surface area (Å²) in [6, 6.07) is 19.9. The Morgan fingerprint density at radius 2 is 1.79 bits per heavy atom. The Kier molecular flexibility index (Phi) is 6.64. The van der Waals surface area contributed by atoms with Crippen LogP contribution in [0.25, 0.3) is 10.9 Å². The average Bonchev–Trinajstić information content (AvgIpc) is 2.75. The molecule has 0 bridgehead atoms. The lowest BCUT2D eigenvalue weighted by Gasteiger charge is -2.21. The quantitative estimate of drug-likeness (QED) is 0.577. The minimum atomic E-state index is -0.0561. The van der Waals surface area contributed by atoms with Gasteiger partial charge in [-0.1, -0.05) is 68.8 Å². The molecule has 1 heterocycles. The first-order chi connectivity index (χ1) is 13.6. The number of anilines is 1. The number of carbonyl (C=O) groups is 1. The number of nitrogens with zero attached hydrogens (tertiary/aromatic N) is 2. The van der Waals surface area contributed by atoms with Crippen molar-refractivity contribution in [3.63, 3.8) is 0 Å². The van der Waals surface area contributed by atoms with E-state index < -0.39 is 0 Å². The number of hydrogen-bond donors (Lipinski definition) is 1. The second-order valence-corrected chi connectivity index (χ2v) is 7.17. The monoisotopic (exact) mass is 375 g/mol. The van der Waals surface area contributed by atoms with Crippen LogP contribution in [0.2, 0.25) is 0 Å². The number of fused-ring (bicyclic) bond motifs is 1. The molecule has 4 nitrogen and oxygen atoms in total. The minimum absolute atomic E-state index is 0.0121. The largest absolute Gasteiger partial charge is 0.360 e. The van der Waals surface area contributed by atoms with E-state index in [1.54, 1.807) is 0 Å². The SMILES string of the molecule is CCCCN(C)c1cc(C(=O)NC(CC)c2ccccc2)c2ccccc2n1. The highest BCUT2D eigenvalue weighted by molar-refractivity contribution is 6.07. The number of para-hydroxylation sites is 1. The maximum atomic E-state index is 13.2. The smallest absolute Gasteiger partial charge is 0.252 e. The van der Waals surface area contributed by atoms with E-state index in [9.17, 15) is 4.79 Å². The van der Waals surface area contributed by atoms with Crippen LogP contribution in [-0.2, 0) is 0 Å². The molecule has 0 spiro atoms. The van der Waals surface area contributed by atoms with E-state index in [1.807, 2.05) is 55.6 Å². The summed E-state index contributed by atoms with van der Waals surface area (Å²) in [5, 5.41) is 4.10. The van der Waals surface area contributed by atoms with Crippen molar-refractivity contribution >= 4 is 22.6 Å². The van der Waals surface area contributed by atoms with Gasteiger partial charge in [-0.2, -0.15) is 0 Å². The highest BCUT2D eigenvalue weighted by atomic mass is 16.1. The van der Waals surface area contributed by atoms with Gasteiger partial charge in [0.2, 0.25) is 0 Å². The molecule has 2 aromatic carbocycles. The molecule has 0 saturated heterocycles. The zero-order valence-corrected chi connectivity index (χ0v) is 17.0. The normalized spacial score (nSPS) is 12.0. The third-order valence-corrected chi connectivity index (χ3v) is 5.10. The summed E-state index contributed by atoms with van der Waals surface area (Å²) in [5.74, 6) is 0.782. The Labute approximate surface area is 167 Å². The zero-order chi connectivity index (χ0) is 19.9. The number of nitrogens with one attached hydrogen (secondary N) is 1. The van der Waals surface area contributed by atoms with Crippen LogP contribution in [0.1, 0.15) is 55.1 Å². The van der Waals surface area contributed by atoms with Crippen LogP contribution in [0.15, 0.2) is 60.7 Å². The molecule has 1 atom stereocenters. The van der Waals surface area contributed by atoms with Crippen molar-refractivity contribution in [3.8, 4) is 0 Å². The van der Waals surface area contributed by atoms with Gasteiger partial charge >= 0.3 is 0 Å². The molecule has 146 valence electrons. The highest BCUT2D eigenvalue weighted by Gasteiger charge is 2.18. The van der Waals surface area contributed by atoms with Gasteiger partial charge in [-0.15, -0.1) is 0 Å². The molecule has 3 aromatic rings. The van der Waals surface area contributed by atoms with E-state index in [4.69, 9.17) is 4.98 Å². The van der Waals surface area contributed by atoms with Crippen LogP contribution in [0.3, 0.4) is 0 Å². The Bertz CT molecular complexity index is 924. The predicted octanol–water partition coefficient (Wildman–Crippen LogP) is 5.35. The molecular weight excluding hydrogens is 346 g/mol. The molecule has 4 heteroatoms. The number of carbonyl (C=O) groups excluding carboxylic acids is 1. The summed E-state index contributed by atoms with van der Waals surface area (Å²) < 4.78 is 0. The van der Waals surface area contributed by atoms with Gasteiger partial charge in [0.1, 0.15) is 5.82 Å². The maximum absolute atomic E-state index is 13.2. The van der Waals surface area contributed by atoms with Crippen LogP contribution in [0.5, 0.6) is 0 Å². The zero-order valence-electron chi connectivity index (χ0n) is 17.0. The van der Waals surface area contributed by atoms with Crippen molar-refractivity contribution in [1.29, 1.82) is 0 Å². The second-order valence-electron chi connectivity index (χ2n) is 7.17. The summed E-state index contributed by atoms with van der Waals surface area (Å²) in [7, 11) is 2.03. The average molecular weight is 376 g/mol. The summed E-state index contributed by atoms with van der Waals surface area (Å²) in [6.07, 6.45) is 3.06. The Hall–Kier alpha value is -2.88. The molecule has 1 aromatic heterocycles. The van der Waals surface area contributed by atoms with Crippen molar-refractivity contribution in [2.75, 3.05) is 18.5 Å². The van der Waals surface area contributed by atoms with Gasteiger partial charge in [0.15, 0.2) is 0 Å². The van der Waals surface area contributed by atoms with Crippen LogP contribution in [0.4, 0.5) is 5.82 Å². The van der Waals surface area contributed by atoms with E-state index >= 15 is 0 Å². The molecule has 0 radical (unpaired) electrons. The van der Waals surface area contributed by atoms with E-state index in [1.165, 1.54) is 0 Å². The Morgan fingerprint density at radius 1 is 1.07 bits per heavy atom. The van der Waals surface area contributed by atoms with E-state index in [0.717, 1.165) is 48.1 Å². The lowest BCUT2D eigenvalue weighted by molar-refractivity contribution is 0.0937. The third-order valence-electron chi connectivity index (χ3n) is 5.10. The molecule has 1 unspecified atom stereocenters. The van der Waals surface area contributed by atoms with Gasteiger partial charge < -0.3 is 10.2 Å². The number of rotatable bonds is 8. The molecule has 0 fully saturated rings. The fourth-order valence-corrected chi connectivity index (χ4v) is 3.40. The van der Waals surface area contributed by atoms with Gasteiger partial charge in [-0.3, -0.25) is 4.79 Å². The number of amides is 1. The van der Waals surface area contributed by atoms with Crippen molar-refractivity contribution in [2.24, 2.45) is 0 Å². The molecule has 0 aliphatic heterocycles. The lowest BCUT2D eigenvalue weighted by atomic mass is 10.0. The minimum Gasteiger partial charge on any atom is -0.360 e. The fourth-order valence-electron chi connectivity index (χ4n) is 3.40. The van der Waals surface area contributed by atoms with Gasteiger partial charge in [0, 0.05) is 19.0 Å². The summed E-state index contributed by atoms with van der Waals surface area (Å²) >= 11 is 0. The van der Waals surface area contributed by atoms with Crippen molar-refractivity contribution in [3.05, 3.63) is 71.8 Å². The number of pyridine rings is 1. The Morgan fingerprint density at radius 3 is 2.50 bits per heavy atom. The molecule has 0 aliphatic rings. The van der Waals surface area contributed by atoms with E-state index in [-0.39, 0.29) is 11.9 Å². The molecular formula is C24H29N3O. The molecule has 1 amide bonds. The highest BCUT2D eigenvalue weighted by Crippen LogP contribution is 2.24. The standard InChI is InChI=1S/C24H29N3O/c1-4-6-16-27(3)23-17-20(19-14-10-11-15-22(19)25-23)24(28)26-21(5-2)18-12-8-7-9-13-18/h7-15,17,21H,4-6,16H2,1-3H3,(H,26,28). The summed E-state index contributed by atoms with van der Waals surface area (Å²) in [5.41, 5.74) is 2.65. The third kappa shape index (κ3) is 4.50. The van der Waals surface area contributed by atoms with Crippen LogP contribution < -0.4 is 10.2 Å². The van der Waals surface area contributed by atoms with Crippen LogP contribution in [-0.4, -0.2) is 24.5 Å². The van der Waals surface area contributed by atoms with Crippen LogP contribution >= 0.6 is 0 Å². The first kappa shape index (κ1) is 19.9. The molecule has 28 heavy (non-hydrogen) atoms. The number of hydrogen-bond acceptors (Lipinski definition) is 3. The fraction of sp³-hybridized carbons (Fsp3) is 0.333. The Balaban J connectivity index is 1.94. The van der Waals surface area contributed by atoms with E-state index in [2.05, 4.69) is 36.2 Å². The molecule has 0 aliphatic carbocycles. The van der Waals surface area contributed by atoms with Gasteiger partial charge in [0.25, 0.3) is 5.91 Å². The maximum Gasteiger partial charge on any atom is 0.252 e. The number of benzene rings is 2. The first-order valence-electron chi connectivity index (χ1n) is 10.1. The van der Waals surface area contributed by atoms with Gasteiger partial charge in [-0.25, -0.2) is 4.98 Å².